The van der Waals surface area contributed by atoms with Gasteiger partial charge in [-0.2, -0.15) is 0 Å². The van der Waals surface area contributed by atoms with E-state index in [0.717, 1.165) is 31.0 Å². The maximum absolute atomic E-state index is 5.99. The van der Waals surface area contributed by atoms with E-state index in [0.29, 0.717) is 6.04 Å². The van der Waals surface area contributed by atoms with E-state index < -0.39 is 0 Å². The highest BCUT2D eigenvalue weighted by Gasteiger charge is 2.19. The quantitative estimate of drug-likeness (QED) is 0.806. The van der Waals surface area contributed by atoms with Crippen molar-refractivity contribution >= 4 is 0 Å². The van der Waals surface area contributed by atoms with Gasteiger partial charge in [0.15, 0.2) is 0 Å². The van der Waals surface area contributed by atoms with Crippen molar-refractivity contribution in [1.29, 1.82) is 0 Å². The van der Waals surface area contributed by atoms with Crippen LogP contribution in [-0.2, 0) is 6.54 Å². The third-order valence-corrected chi connectivity index (χ3v) is 4.11. The lowest BCUT2D eigenvalue weighted by molar-refractivity contribution is 0.195. The summed E-state index contributed by atoms with van der Waals surface area (Å²) in [5.41, 5.74) is 9.30. The SMILES string of the molecule is C/C=C(N)\C(=C/C)NC1CCN(Cc2ccccc2)CC1.CC. The number of rotatable bonds is 5. The summed E-state index contributed by atoms with van der Waals surface area (Å²) in [4.78, 5) is 2.53. The van der Waals surface area contributed by atoms with E-state index in [1.807, 2.05) is 33.8 Å². The highest BCUT2D eigenvalue weighted by Crippen LogP contribution is 2.15. The fourth-order valence-corrected chi connectivity index (χ4v) is 2.79. The van der Waals surface area contributed by atoms with E-state index in [4.69, 9.17) is 5.73 Å². The van der Waals surface area contributed by atoms with Crippen molar-refractivity contribution in [3.63, 3.8) is 0 Å². The number of nitrogens with zero attached hydrogens (tertiary/aromatic N) is 1. The fraction of sp³-hybridized carbons (Fsp3) is 0.500. The van der Waals surface area contributed by atoms with E-state index in [2.05, 4.69) is 46.6 Å². The molecule has 3 N–H and O–H groups in total. The first-order valence-electron chi connectivity index (χ1n) is 8.84. The van der Waals surface area contributed by atoms with Crippen LogP contribution >= 0.6 is 0 Å². The molecule has 0 saturated carbocycles. The van der Waals surface area contributed by atoms with Gasteiger partial charge in [-0.05, 0) is 32.3 Å². The smallest absolute Gasteiger partial charge is 0.0529 e. The Kier molecular flexibility index (Phi) is 9.15. The molecule has 1 aromatic rings. The molecule has 1 aliphatic rings. The Labute approximate surface area is 142 Å². The van der Waals surface area contributed by atoms with Crippen molar-refractivity contribution in [3.8, 4) is 0 Å². The van der Waals surface area contributed by atoms with E-state index in [1.165, 1.54) is 18.4 Å². The van der Waals surface area contributed by atoms with Crippen LogP contribution in [0.2, 0.25) is 0 Å². The number of nitrogens with two attached hydrogens (primary N) is 1. The van der Waals surface area contributed by atoms with Gasteiger partial charge in [0.2, 0.25) is 0 Å². The van der Waals surface area contributed by atoms with Gasteiger partial charge in [0.05, 0.1) is 11.4 Å². The third kappa shape index (κ3) is 6.49. The third-order valence-electron chi connectivity index (χ3n) is 4.11. The van der Waals surface area contributed by atoms with Gasteiger partial charge >= 0.3 is 0 Å². The van der Waals surface area contributed by atoms with E-state index >= 15 is 0 Å². The predicted molar refractivity (Wildman–Crippen MR) is 101 cm³/mol. The fourth-order valence-electron chi connectivity index (χ4n) is 2.79. The molecule has 3 nitrogen and oxygen atoms in total. The maximum Gasteiger partial charge on any atom is 0.0529 e. The molecular weight excluding hydrogens is 282 g/mol. The molecule has 1 aromatic carbocycles. The Morgan fingerprint density at radius 1 is 1.13 bits per heavy atom. The Hall–Kier alpha value is -1.74. The lowest BCUT2D eigenvalue weighted by Gasteiger charge is -2.33. The van der Waals surface area contributed by atoms with Gasteiger partial charge in [-0.25, -0.2) is 0 Å². The molecule has 0 aromatic heterocycles. The van der Waals surface area contributed by atoms with Crippen LogP contribution in [0, 0.1) is 0 Å². The molecule has 23 heavy (non-hydrogen) atoms. The predicted octanol–water partition coefficient (Wildman–Crippen LogP) is 4.03. The van der Waals surface area contributed by atoms with Gasteiger partial charge in [-0.3, -0.25) is 4.90 Å². The molecule has 0 spiro atoms. The molecule has 128 valence electrons. The molecule has 2 rings (SSSR count). The van der Waals surface area contributed by atoms with Crippen molar-refractivity contribution in [1.82, 2.24) is 10.2 Å². The molecule has 0 atom stereocenters. The minimum atomic E-state index is 0.529. The average Bonchev–Trinajstić information content (AvgIpc) is 2.63. The lowest BCUT2D eigenvalue weighted by atomic mass is 10.0. The normalized spacial score (nSPS) is 17.4. The van der Waals surface area contributed by atoms with Crippen LogP contribution < -0.4 is 11.1 Å². The van der Waals surface area contributed by atoms with Crippen molar-refractivity contribution in [2.75, 3.05) is 13.1 Å². The summed E-state index contributed by atoms with van der Waals surface area (Å²) >= 11 is 0. The first kappa shape index (κ1) is 19.3. The van der Waals surface area contributed by atoms with Gasteiger partial charge < -0.3 is 11.1 Å². The van der Waals surface area contributed by atoms with Crippen LogP contribution in [0.4, 0.5) is 0 Å². The summed E-state index contributed by atoms with van der Waals surface area (Å²) in [6.07, 6.45) is 6.35. The first-order valence-corrected chi connectivity index (χ1v) is 8.84. The minimum absolute atomic E-state index is 0.529. The van der Waals surface area contributed by atoms with Crippen LogP contribution in [0.1, 0.15) is 46.1 Å². The standard InChI is InChI=1S/C18H27N3.C2H6/c1-3-17(19)18(4-2)20-16-10-12-21(13-11-16)14-15-8-6-5-7-9-15;1-2/h3-9,16,20H,10-14,19H2,1-2H3;1-2H3/b17-3+,18-4+;. The Morgan fingerprint density at radius 3 is 2.26 bits per heavy atom. The molecular formula is C20H33N3. The first-order chi connectivity index (χ1) is 11.2. The number of nitrogens with one attached hydrogen (secondary N) is 1. The zero-order chi connectivity index (χ0) is 17.1. The Bertz CT molecular complexity index is 483. The number of hydrogen-bond acceptors (Lipinski definition) is 3. The summed E-state index contributed by atoms with van der Waals surface area (Å²) < 4.78 is 0. The molecule has 0 aliphatic carbocycles. The molecule has 0 unspecified atom stereocenters. The molecule has 0 radical (unpaired) electrons. The second-order valence-corrected chi connectivity index (χ2v) is 5.63. The number of allylic oxidation sites excluding steroid dienone is 2. The molecule has 1 saturated heterocycles. The second-order valence-electron chi connectivity index (χ2n) is 5.63. The van der Waals surface area contributed by atoms with Crippen molar-refractivity contribution in [2.45, 2.75) is 53.1 Å². The molecule has 1 aliphatic heterocycles. The maximum atomic E-state index is 5.99. The Balaban J connectivity index is 0.00000127. The zero-order valence-corrected chi connectivity index (χ0v) is 15.2. The molecule has 1 fully saturated rings. The van der Waals surface area contributed by atoms with E-state index in [1.54, 1.807) is 0 Å². The van der Waals surface area contributed by atoms with E-state index in [9.17, 15) is 0 Å². The topological polar surface area (TPSA) is 41.3 Å². The van der Waals surface area contributed by atoms with Gasteiger partial charge in [0, 0.05) is 25.7 Å². The molecule has 0 amide bonds. The van der Waals surface area contributed by atoms with Crippen molar-refractivity contribution < 1.29 is 0 Å². The van der Waals surface area contributed by atoms with Crippen LogP contribution in [0.15, 0.2) is 53.9 Å². The van der Waals surface area contributed by atoms with Crippen molar-refractivity contribution in [2.24, 2.45) is 5.73 Å². The average molecular weight is 316 g/mol. The van der Waals surface area contributed by atoms with Crippen molar-refractivity contribution in [3.05, 3.63) is 59.4 Å². The summed E-state index contributed by atoms with van der Waals surface area (Å²) in [5, 5.41) is 3.58. The van der Waals surface area contributed by atoms with Gasteiger partial charge in [0.25, 0.3) is 0 Å². The largest absolute Gasteiger partial charge is 0.397 e. The monoisotopic (exact) mass is 315 g/mol. The summed E-state index contributed by atoms with van der Waals surface area (Å²) in [5.74, 6) is 0. The summed E-state index contributed by atoms with van der Waals surface area (Å²) in [6, 6.07) is 11.2. The van der Waals surface area contributed by atoms with Crippen LogP contribution in [0.3, 0.4) is 0 Å². The van der Waals surface area contributed by atoms with Crippen LogP contribution in [-0.4, -0.2) is 24.0 Å². The van der Waals surface area contributed by atoms with E-state index in [-0.39, 0.29) is 0 Å². The summed E-state index contributed by atoms with van der Waals surface area (Å²) in [7, 11) is 0. The number of benzene rings is 1. The van der Waals surface area contributed by atoms with Crippen LogP contribution in [0.5, 0.6) is 0 Å². The minimum Gasteiger partial charge on any atom is -0.397 e. The number of likely N-dealkylation sites (tertiary alicyclic amines) is 1. The summed E-state index contributed by atoms with van der Waals surface area (Å²) in [6.45, 7) is 11.3. The molecule has 1 heterocycles. The Morgan fingerprint density at radius 2 is 1.74 bits per heavy atom. The lowest BCUT2D eigenvalue weighted by Crippen LogP contribution is -2.42. The number of piperidine rings is 1. The number of hydrogen-bond donors (Lipinski definition) is 2. The second kappa shape index (κ2) is 10.9. The zero-order valence-electron chi connectivity index (χ0n) is 15.2. The van der Waals surface area contributed by atoms with Gasteiger partial charge in [-0.1, -0.05) is 56.3 Å². The highest BCUT2D eigenvalue weighted by molar-refractivity contribution is 5.26. The molecule has 3 heteroatoms. The van der Waals surface area contributed by atoms with Gasteiger partial charge in [-0.15, -0.1) is 0 Å². The molecule has 0 bridgehead atoms. The van der Waals surface area contributed by atoms with Crippen LogP contribution in [0.25, 0.3) is 0 Å². The highest BCUT2D eigenvalue weighted by atomic mass is 15.1. The van der Waals surface area contributed by atoms with Gasteiger partial charge in [0.1, 0.15) is 0 Å².